The van der Waals surface area contributed by atoms with E-state index in [0.29, 0.717) is 30.7 Å². The monoisotopic (exact) mass is 251 g/mol. The maximum atomic E-state index is 13.8. The summed E-state index contributed by atoms with van der Waals surface area (Å²) in [7, 11) is 0. The maximum Gasteiger partial charge on any atom is 0.129 e. The summed E-state index contributed by atoms with van der Waals surface area (Å²) in [5.41, 5.74) is 0.659. The average molecular weight is 251 g/mol. The van der Waals surface area contributed by atoms with E-state index in [9.17, 15) is 4.39 Å². The third-order valence-corrected chi connectivity index (χ3v) is 3.05. The smallest absolute Gasteiger partial charge is 0.129 e. The summed E-state index contributed by atoms with van der Waals surface area (Å²) >= 11 is 0. The van der Waals surface area contributed by atoms with Gasteiger partial charge in [-0.3, -0.25) is 0 Å². The Balaban J connectivity index is 1.99. The lowest BCUT2D eigenvalue weighted by atomic mass is 10.1. The molecule has 1 aromatic rings. The standard InChI is InChI=1S/C15H22FNO/c1-11(2)10-18-15(9-17-12-7-8-12)13-5-3-4-6-14(13)16/h3-6,11-12,15,17H,7-10H2,1-2H3. The van der Waals surface area contributed by atoms with Crippen molar-refractivity contribution in [2.75, 3.05) is 13.2 Å². The number of rotatable bonds is 7. The van der Waals surface area contributed by atoms with Gasteiger partial charge in [-0.05, 0) is 24.8 Å². The first-order valence-corrected chi connectivity index (χ1v) is 6.76. The van der Waals surface area contributed by atoms with Crippen LogP contribution in [-0.2, 0) is 4.74 Å². The van der Waals surface area contributed by atoms with E-state index in [1.807, 2.05) is 12.1 Å². The van der Waals surface area contributed by atoms with E-state index < -0.39 is 0 Å². The third-order valence-electron chi connectivity index (χ3n) is 3.05. The van der Waals surface area contributed by atoms with Gasteiger partial charge in [0.1, 0.15) is 5.82 Å². The highest BCUT2D eigenvalue weighted by Crippen LogP contribution is 2.24. The van der Waals surface area contributed by atoms with E-state index in [1.54, 1.807) is 6.07 Å². The van der Waals surface area contributed by atoms with Crippen LogP contribution in [0.1, 0.15) is 38.4 Å². The van der Waals surface area contributed by atoms with Crippen LogP contribution in [0.25, 0.3) is 0 Å². The topological polar surface area (TPSA) is 21.3 Å². The first-order chi connectivity index (χ1) is 8.66. The predicted octanol–water partition coefficient (Wildman–Crippen LogP) is 3.29. The van der Waals surface area contributed by atoms with Crippen molar-refractivity contribution in [3.05, 3.63) is 35.6 Å². The molecule has 0 bridgehead atoms. The number of nitrogens with one attached hydrogen (secondary N) is 1. The number of ether oxygens (including phenoxy) is 1. The molecule has 1 unspecified atom stereocenters. The quantitative estimate of drug-likeness (QED) is 0.803. The highest BCUT2D eigenvalue weighted by Gasteiger charge is 2.24. The van der Waals surface area contributed by atoms with Crippen LogP contribution < -0.4 is 5.32 Å². The second-order valence-electron chi connectivity index (χ2n) is 5.42. The van der Waals surface area contributed by atoms with E-state index in [1.165, 1.54) is 18.9 Å². The van der Waals surface area contributed by atoms with Crippen LogP contribution in [0.5, 0.6) is 0 Å². The summed E-state index contributed by atoms with van der Waals surface area (Å²) < 4.78 is 19.6. The second-order valence-corrected chi connectivity index (χ2v) is 5.42. The van der Waals surface area contributed by atoms with Crippen molar-refractivity contribution in [2.24, 2.45) is 5.92 Å². The predicted molar refractivity (Wildman–Crippen MR) is 71.0 cm³/mol. The van der Waals surface area contributed by atoms with Crippen LogP contribution in [0.15, 0.2) is 24.3 Å². The molecular weight excluding hydrogens is 229 g/mol. The van der Waals surface area contributed by atoms with E-state index >= 15 is 0 Å². The summed E-state index contributed by atoms with van der Waals surface area (Å²) in [6.45, 7) is 5.56. The van der Waals surface area contributed by atoms with Gasteiger partial charge in [-0.15, -0.1) is 0 Å². The van der Waals surface area contributed by atoms with Crippen molar-refractivity contribution in [2.45, 2.75) is 38.8 Å². The molecule has 0 radical (unpaired) electrons. The Morgan fingerprint density at radius 3 is 2.67 bits per heavy atom. The molecule has 18 heavy (non-hydrogen) atoms. The fraction of sp³-hybridized carbons (Fsp3) is 0.600. The Morgan fingerprint density at radius 1 is 1.33 bits per heavy atom. The first-order valence-electron chi connectivity index (χ1n) is 6.76. The van der Waals surface area contributed by atoms with Gasteiger partial charge < -0.3 is 10.1 Å². The zero-order valence-corrected chi connectivity index (χ0v) is 11.2. The first kappa shape index (κ1) is 13.5. The fourth-order valence-corrected chi connectivity index (χ4v) is 1.86. The van der Waals surface area contributed by atoms with Crippen molar-refractivity contribution < 1.29 is 9.13 Å². The van der Waals surface area contributed by atoms with Crippen LogP contribution in [0.4, 0.5) is 4.39 Å². The second kappa shape index (κ2) is 6.30. The molecule has 100 valence electrons. The summed E-state index contributed by atoms with van der Waals surface area (Å²) in [6.07, 6.45) is 2.27. The molecule has 2 nitrogen and oxygen atoms in total. The van der Waals surface area contributed by atoms with Gasteiger partial charge in [-0.25, -0.2) is 4.39 Å². The Labute approximate surface area is 109 Å². The average Bonchev–Trinajstić information content (AvgIpc) is 3.14. The molecule has 3 heteroatoms. The molecule has 1 aromatic carbocycles. The van der Waals surface area contributed by atoms with Crippen molar-refractivity contribution in [1.29, 1.82) is 0 Å². The van der Waals surface area contributed by atoms with Gasteiger partial charge in [0.05, 0.1) is 6.10 Å². The minimum Gasteiger partial charge on any atom is -0.372 e. The van der Waals surface area contributed by atoms with Crippen molar-refractivity contribution >= 4 is 0 Å². The molecule has 0 spiro atoms. The summed E-state index contributed by atoms with van der Waals surface area (Å²) in [6, 6.07) is 7.50. The van der Waals surface area contributed by atoms with Gasteiger partial charge in [0.2, 0.25) is 0 Å². The number of benzene rings is 1. The molecular formula is C15H22FNO. The van der Waals surface area contributed by atoms with Gasteiger partial charge in [-0.1, -0.05) is 32.0 Å². The third kappa shape index (κ3) is 4.07. The highest BCUT2D eigenvalue weighted by molar-refractivity contribution is 5.20. The molecule has 1 N–H and O–H groups in total. The van der Waals surface area contributed by atoms with Crippen LogP contribution in [0.2, 0.25) is 0 Å². The molecule has 1 aliphatic rings. The summed E-state index contributed by atoms with van der Waals surface area (Å²) in [4.78, 5) is 0. The van der Waals surface area contributed by atoms with E-state index in [0.717, 1.165) is 0 Å². The minimum absolute atomic E-state index is 0.177. The van der Waals surface area contributed by atoms with E-state index in [2.05, 4.69) is 19.2 Å². The van der Waals surface area contributed by atoms with Crippen molar-refractivity contribution in [3.63, 3.8) is 0 Å². The van der Waals surface area contributed by atoms with Crippen LogP contribution in [-0.4, -0.2) is 19.2 Å². The Morgan fingerprint density at radius 2 is 2.06 bits per heavy atom. The largest absolute Gasteiger partial charge is 0.372 e. The number of hydrogen-bond acceptors (Lipinski definition) is 2. The van der Waals surface area contributed by atoms with Crippen LogP contribution in [0.3, 0.4) is 0 Å². The lowest BCUT2D eigenvalue weighted by Crippen LogP contribution is -2.26. The summed E-state index contributed by atoms with van der Waals surface area (Å²) in [5, 5.41) is 3.41. The van der Waals surface area contributed by atoms with Gasteiger partial charge in [0, 0.05) is 24.8 Å². The van der Waals surface area contributed by atoms with Crippen molar-refractivity contribution in [3.8, 4) is 0 Å². The molecule has 1 atom stereocenters. The van der Waals surface area contributed by atoms with Crippen molar-refractivity contribution in [1.82, 2.24) is 5.32 Å². The number of halogens is 1. The van der Waals surface area contributed by atoms with Gasteiger partial charge >= 0.3 is 0 Å². The van der Waals surface area contributed by atoms with E-state index in [-0.39, 0.29) is 11.9 Å². The molecule has 0 aromatic heterocycles. The summed E-state index contributed by atoms with van der Waals surface area (Å²) in [5.74, 6) is 0.282. The van der Waals surface area contributed by atoms with Crippen LogP contribution in [0, 0.1) is 11.7 Å². The molecule has 0 saturated heterocycles. The maximum absolute atomic E-state index is 13.8. The number of hydrogen-bond donors (Lipinski definition) is 1. The SMILES string of the molecule is CC(C)COC(CNC1CC1)c1ccccc1F. The molecule has 1 aliphatic carbocycles. The molecule has 1 fully saturated rings. The van der Waals surface area contributed by atoms with Gasteiger partial charge in [-0.2, -0.15) is 0 Å². The Hall–Kier alpha value is -0.930. The zero-order valence-electron chi connectivity index (χ0n) is 11.2. The normalized spacial score (nSPS) is 17.1. The minimum atomic E-state index is -0.186. The lowest BCUT2D eigenvalue weighted by Gasteiger charge is -2.20. The van der Waals surface area contributed by atoms with E-state index in [4.69, 9.17) is 4.74 Å². The molecule has 1 saturated carbocycles. The van der Waals surface area contributed by atoms with Crippen LogP contribution >= 0.6 is 0 Å². The molecule has 0 amide bonds. The fourth-order valence-electron chi connectivity index (χ4n) is 1.86. The molecule has 0 heterocycles. The molecule has 0 aliphatic heterocycles. The van der Waals surface area contributed by atoms with Gasteiger partial charge in [0.15, 0.2) is 0 Å². The lowest BCUT2D eigenvalue weighted by molar-refractivity contribution is 0.0328. The zero-order chi connectivity index (χ0) is 13.0. The van der Waals surface area contributed by atoms with Gasteiger partial charge in [0.25, 0.3) is 0 Å². The Kier molecular flexibility index (Phi) is 4.72. The Bertz CT molecular complexity index is 371. The highest BCUT2D eigenvalue weighted by atomic mass is 19.1. The molecule has 2 rings (SSSR count).